The van der Waals surface area contributed by atoms with Gasteiger partial charge in [-0.2, -0.15) is 0 Å². The normalized spacial score (nSPS) is 12.2. The van der Waals surface area contributed by atoms with Crippen LogP contribution in [-0.2, 0) is 4.65 Å². The first-order valence-corrected chi connectivity index (χ1v) is 11.7. The van der Waals surface area contributed by atoms with E-state index in [1.807, 2.05) is 32.0 Å². The Balaban J connectivity index is 1.70. The van der Waals surface area contributed by atoms with Gasteiger partial charge in [0, 0.05) is 0 Å². The molecular weight excluding hydrogens is 403 g/mol. The van der Waals surface area contributed by atoms with Gasteiger partial charge in [-0.15, -0.1) is 0 Å². The molecule has 5 aromatic carbocycles. The molecule has 0 aliphatic heterocycles. The minimum Gasteiger partial charge on any atom is -0.423 e. The summed E-state index contributed by atoms with van der Waals surface area (Å²) in [6, 6.07) is 31.8. The van der Waals surface area contributed by atoms with E-state index in [1.54, 1.807) is 0 Å². The summed E-state index contributed by atoms with van der Waals surface area (Å²) in [5.41, 5.74) is 2.41. The van der Waals surface area contributed by atoms with Crippen molar-refractivity contribution in [2.45, 2.75) is 33.3 Å². The fraction of sp³-hybridized carbons (Fsp3) is 0.200. The van der Waals surface area contributed by atoms with Gasteiger partial charge in [0.2, 0.25) is 0 Å². The molecule has 0 heterocycles. The van der Waals surface area contributed by atoms with E-state index in [0.29, 0.717) is 0 Å². The van der Waals surface area contributed by atoms with Gasteiger partial charge in [0.05, 0.1) is 5.60 Å². The molecule has 164 valence electrons. The highest BCUT2D eigenvalue weighted by Gasteiger charge is 2.31. The smallest absolute Gasteiger partial charge is 0.423 e. The van der Waals surface area contributed by atoms with Gasteiger partial charge in [-0.1, -0.05) is 98.8 Å². The number of rotatable bonds is 5. The van der Waals surface area contributed by atoms with Gasteiger partial charge in [0.1, 0.15) is 0 Å². The summed E-state index contributed by atoms with van der Waals surface area (Å²) >= 11 is 0. The third-order valence-corrected chi connectivity index (χ3v) is 7.09. The molecule has 0 atom stereocenters. The maximum Gasteiger partial charge on any atom is 0.492 e. The Morgan fingerprint density at radius 1 is 0.667 bits per heavy atom. The molecular formula is C30H29BO2. The van der Waals surface area contributed by atoms with Crippen LogP contribution in [0.4, 0.5) is 0 Å². The molecule has 0 aromatic heterocycles. The minimum absolute atomic E-state index is 0.277. The van der Waals surface area contributed by atoms with E-state index in [1.165, 1.54) is 32.3 Å². The Bertz CT molecular complexity index is 1430. The average Bonchev–Trinajstić information content (AvgIpc) is 2.83. The summed E-state index contributed by atoms with van der Waals surface area (Å²) in [7, 11) is -0.998. The number of hydrogen-bond donors (Lipinski definition) is 1. The van der Waals surface area contributed by atoms with Crippen LogP contribution in [0.15, 0.2) is 91.0 Å². The fourth-order valence-corrected chi connectivity index (χ4v) is 4.54. The first-order chi connectivity index (χ1) is 15.9. The molecule has 1 N–H and O–H groups in total. The Morgan fingerprint density at radius 3 is 1.73 bits per heavy atom. The molecule has 0 aliphatic rings. The van der Waals surface area contributed by atoms with Crippen LogP contribution in [0.5, 0.6) is 0 Å². The molecule has 5 aromatic rings. The molecule has 0 radical (unpaired) electrons. The fourth-order valence-electron chi connectivity index (χ4n) is 4.54. The molecule has 0 spiro atoms. The third-order valence-electron chi connectivity index (χ3n) is 7.09. The molecule has 0 aliphatic carbocycles. The SMILES string of the molecule is CC(C)C(C)(C)OB(O)c1ccccc1-c1ccc2c3ccccc3c3ccccc3c2c1. The monoisotopic (exact) mass is 432 g/mol. The van der Waals surface area contributed by atoms with E-state index in [2.05, 4.69) is 86.6 Å². The number of hydrogen-bond acceptors (Lipinski definition) is 2. The molecule has 0 saturated heterocycles. The molecule has 33 heavy (non-hydrogen) atoms. The van der Waals surface area contributed by atoms with Crippen molar-refractivity contribution in [3.8, 4) is 11.1 Å². The lowest BCUT2D eigenvalue weighted by Gasteiger charge is -2.32. The second-order valence-corrected chi connectivity index (χ2v) is 9.67. The highest BCUT2D eigenvalue weighted by atomic mass is 16.5. The summed E-state index contributed by atoms with van der Waals surface area (Å²) in [6.45, 7) is 8.27. The van der Waals surface area contributed by atoms with Crippen molar-refractivity contribution in [1.82, 2.24) is 0 Å². The van der Waals surface area contributed by atoms with Gasteiger partial charge in [-0.3, -0.25) is 0 Å². The van der Waals surface area contributed by atoms with Gasteiger partial charge in [0.25, 0.3) is 0 Å². The van der Waals surface area contributed by atoms with Crippen LogP contribution >= 0.6 is 0 Å². The van der Waals surface area contributed by atoms with Gasteiger partial charge >= 0.3 is 7.12 Å². The molecule has 0 fully saturated rings. The Hall–Kier alpha value is -3.14. The van der Waals surface area contributed by atoms with Gasteiger partial charge < -0.3 is 9.68 Å². The number of fused-ring (bicyclic) bond motifs is 6. The maximum absolute atomic E-state index is 11.1. The highest BCUT2D eigenvalue weighted by molar-refractivity contribution is 6.62. The predicted octanol–water partition coefficient (Wildman–Crippen LogP) is 6.95. The lowest BCUT2D eigenvalue weighted by Crippen LogP contribution is -2.45. The second kappa shape index (κ2) is 8.33. The zero-order valence-electron chi connectivity index (χ0n) is 19.7. The average molecular weight is 432 g/mol. The molecule has 0 amide bonds. The summed E-state index contributed by atoms with van der Waals surface area (Å²) in [4.78, 5) is 0. The standard InChI is InChI=1S/C30H29BO2/c1-20(2)30(3,4)33-31(32)29-16-10-9-11-22(29)21-17-18-27-25-14-6-5-12-23(25)24-13-7-8-15-26(24)28(27)19-21/h5-20,32H,1-4H3. The Labute approximate surface area is 196 Å². The second-order valence-electron chi connectivity index (χ2n) is 9.67. The van der Waals surface area contributed by atoms with E-state index in [9.17, 15) is 5.02 Å². The Morgan fingerprint density at radius 2 is 1.15 bits per heavy atom. The van der Waals surface area contributed by atoms with Crippen LogP contribution in [0.1, 0.15) is 27.7 Å². The molecule has 0 saturated carbocycles. The zero-order chi connectivity index (χ0) is 23.2. The van der Waals surface area contributed by atoms with Gasteiger partial charge in [-0.25, -0.2) is 0 Å². The van der Waals surface area contributed by atoms with E-state index >= 15 is 0 Å². The third kappa shape index (κ3) is 3.82. The lowest BCUT2D eigenvalue weighted by molar-refractivity contribution is 0.0424. The maximum atomic E-state index is 11.1. The molecule has 5 rings (SSSR count). The van der Waals surface area contributed by atoms with Crippen molar-refractivity contribution >= 4 is 44.9 Å². The van der Waals surface area contributed by atoms with Crippen LogP contribution in [0.25, 0.3) is 43.4 Å². The topological polar surface area (TPSA) is 29.5 Å². The lowest BCUT2D eigenvalue weighted by atomic mass is 9.73. The van der Waals surface area contributed by atoms with Crippen LogP contribution < -0.4 is 5.46 Å². The minimum atomic E-state index is -0.998. The summed E-state index contributed by atoms with van der Waals surface area (Å²) in [5, 5.41) is 18.5. The van der Waals surface area contributed by atoms with Crippen LogP contribution in [-0.4, -0.2) is 17.7 Å². The predicted molar refractivity (Wildman–Crippen MR) is 142 cm³/mol. The van der Waals surface area contributed by atoms with E-state index in [-0.39, 0.29) is 5.92 Å². The van der Waals surface area contributed by atoms with Crippen molar-refractivity contribution in [3.63, 3.8) is 0 Å². The van der Waals surface area contributed by atoms with Crippen LogP contribution in [0.2, 0.25) is 0 Å². The van der Waals surface area contributed by atoms with Gasteiger partial charge in [-0.05, 0) is 74.7 Å². The molecule has 0 unspecified atom stereocenters. The first kappa shape index (κ1) is 21.7. The van der Waals surface area contributed by atoms with Crippen molar-refractivity contribution in [2.75, 3.05) is 0 Å². The summed E-state index contributed by atoms with van der Waals surface area (Å²) in [5.74, 6) is 0.277. The largest absolute Gasteiger partial charge is 0.492 e. The van der Waals surface area contributed by atoms with E-state index in [4.69, 9.17) is 4.65 Å². The zero-order valence-corrected chi connectivity index (χ0v) is 19.7. The van der Waals surface area contributed by atoms with Crippen LogP contribution in [0, 0.1) is 5.92 Å². The molecule has 2 nitrogen and oxygen atoms in total. The molecule has 0 bridgehead atoms. The van der Waals surface area contributed by atoms with E-state index in [0.717, 1.165) is 16.6 Å². The van der Waals surface area contributed by atoms with Crippen LogP contribution in [0.3, 0.4) is 0 Å². The highest BCUT2D eigenvalue weighted by Crippen LogP contribution is 2.36. The van der Waals surface area contributed by atoms with Crippen molar-refractivity contribution in [2.24, 2.45) is 5.92 Å². The van der Waals surface area contributed by atoms with E-state index < -0.39 is 12.7 Å². The molecule has 3 heteroatoms. The summed E-state index contributed by atoms with van der Waals surface area (Å²) < 4.78 is 6.12. The van der Waals surface area contributed by atoms with Crippen molar-refractivity contribution < 1.29 is 9.68 Å². The quantitative estimate of drug-likeness (QED) is 0.241. The van der Waals surface area contributed by atoms with Gasteiger partial charge in [0.15, 0.2) is 0 Å². The van der Waals surface area contributed by atoms with Crippen molar-refractivity contribution in [3.05, 3.63) is 91.0 Å². The summed E-state index contributed by atoms with van der Waals surface area (Å²) in [6.07, 6.45) is 0. The Kier molecular flexibility index (Phi) is 5.48. The number of benzene rings is 5. The van der Waals surface area contributed by atoms with Crippen molar-refractivity contribution in [1.29, 1.82) is 0 Å². The first-order valence-electron chi connectivity index (χ1n) is 11.7.